The van der Waals surface area contributed by atoms with E-state index < -0.39 is 0 Å². The van der Waals surface area contributed by atoms with E-state index in [0.717, 1.165) is 44.8 Å². The molecule has 0 aromatic heterocycles. The van der Waals surface area contributed by atoms with Crippen LogP contribution in [0, 0.1) is 11.8 Å². The van der Waals surface area contributed by atoms with Gasteiger partial charge >= 0.3 is 0 Å². The Balaban J connectivity index is 1.80. The third kappa shape index (κ3) is 3.44. The van der Waals surface area contributed by atoms with Gasteiger partial charge in [-0.3, -0.25) is 0 Å². The first-order valence-electron chi connectivity index (χ1n) is 6.79. The van der Waals surface area contributed by atoms with E-state index in [2.05, 4.69) is 12.2 Å². The van der Waals surface area contributed by atoms with Crippen LogP contribution in [0.1, 0.15) is 32.6 Å². The summed E-state index contributed by atoms with van der Waals surface area (Å²) in [4.78, 5) is 0. The van der Waals surface area contributed by atoms with Gasteiger partial charge in [0.2, 0.25) is 0 Å². The Morgan fingerprint density at radius 2 is 2.00 bits per heavy atom. The summed E-state index contributed by atoms with van der Waals surface area (Å²) in [6.45, 7) is 7.21. The molecule has 0 aliphatic carbocycles. The molecule has 1 N–H and O–H groups in total. The van der Waals surface area contributed by atoms with Crippen LogP contribution >= 0.6 is 0 Å². The molecule has 94 valence electrons. The molecule has 3 nitrogen and oxygen atoms in total. The van der Waals surface area contributed by atoms with Crippen LogP contribution in [0.2, 0.25) is 0 Å². The van der Waals surface area contributed by atoms with Crippen molar-refractivity contribution in [2.24, 2.45) is 11.8 Å². The summed E-state index contributed by atoms with van der Waals surface area (Å²) in [6, 6.07) is 0.647. The van der Waals surface area contributed by atoms with Gasteiger partial charge in [-0.1, -0.05) is 6.92 Å². The zero-order valence-electron chi connectivity index (χ0n) is 10.4. The van der Waals surface area contributed by atoms with Gasteiger partial charge in [-0.2, -0.15) is 0 Å². The summed E-state index contributed by atoms with van der Waals surface area (Å²) in [6.07, 6.45) is 4.96. The molecule has 0 spiro atoms. The summed E-state index contributed by atoms with van der Waals surface area (Å²) < 4.78 is 11.0. The molecule has 2 heterocycles. The van der Waals surface area contributed by atoms with Crippen molar-refractivity contribution in [3.8, 4) is 0 Å². The molecule has 0 saturated carbocycles. The molecule has 0 bridgehead atoms. The third-order valence-electron chi connectivity index (χ3n) is 3.80. The Kier molecular flexibility index (Phi) is 5.07. The van der Waals surface area contributed by atoms with Crippen molar-refractivity contribution in [1.82, 2.24) is 5.32 Å². The van der Waals surface area contributed by atoms with E-state index in [9.17, 15) is 0 Å². The molecule has 2 fully saturated rings. The Hall–Kier alpha value is -0.120. The minimum atomic E-state index is 0.647. The maximum atomic E-state index is 5.51. The Bertz CT molecular complexity index is 186. The average molecular weight is 227 g/mol. The van der Waals surface area contributed by atoms with Crippen LogP contribution in [0.15, 0.2) is 0 Å². The fraction of sp³-hybridized carbons (Fsp3) is 1.00. The third-order valence-corrected chi connectivity index (χ3v) is 3.80. The van der Waals surface area contributed by atoms with Crippen molar-refractivity contribution >= 4 is 0 Å². The molecule has 2 saturated heterocycles. The summed E-state index contributed by atoms with van der Waals surface area (Å²) >= 11 is 0. The van der Waals surface area contributed by atoms with Gasteiger partial charge in [0.05, 0.1) is 6.61 Å². The van der Waals surface area contributed by atoms with Crippen LogP contribution in [-0.2, 0) is 9.47 Å². The number of rotatable bonds is 6. The van der Waals surface area contributed by atoms with Crippen molar-refractivity contribution in [3.63, 3.8) is 0 Å². The second-order valence-electron chi connectivity index (χ2n) is 5.15. The van der Waals surface area contributed by atoms with E-state index in [-0.39, 0.29) is 0 Å². The van der Waals surface area contributed by atoms with Gasteiger partial charge < -0.3 is 14.8 Å². The number of hydrogen-bond donors (Lipinski definition) is 1. The van der Waals surface area contributed by atoms with Gasteiger partial charge in [0.1, 0.15) is 0 Å². The first kappa shape index (κ1) is 12.3. The standard InChI is InChI=1S/C13H25NO2/c1-2-5-14-13(12-4-7-16-10-12)8-11-3-6-15-9-11/h11-14H,2-10H2,1H3. The van der Waals surface area contributed by atoms with Gasteiger partial charge in [-0.25, -0.2) is 0 Å². The number of hydrogen-bond acceptors (Lipinski definition) is 3. The number of nitrogens with one attached hydrogen (secondary N) is 1. The fourth-order valence-electron chi connectivity index (χ4n) is 2.77. The largest absolute Gasteiger partial charge is 0.381 e. The second kappa shape index (κ2) is 6.58. The van der Waals surface area contributed by atoms with E-state index in [1.54, 1.807) is 0 Å². The molecule has 3 atom stereocenters. The summed E-state index contributed by atoms with van der Waals surface area (Å²) in [5.74, 6) is 1.50. The SMILES string of the molecule is CCCNC(CC1CCOC1)C1CCOC1. The highest BCUT2D eigenvalue weighted by molar-refractivity contribution is 4.82. The molecule has 0 radical (unpaired) electrons. The second-order valence-corrected chi connectivity index (χ2v) is 5.15. The lowest BCUT2D eigenvalue weighted by Crippen LogP contribution is -2.38. The molecular formula is C13H25NO2. The average Bonchev–Trinajstić information content (AvgIpc) is 2.96. The molecular weight excluding hydrogens is 202 g/mol. The molecule has 0 aromatic carbocycles. The lowest BCUT2D eigenvalue weighted by Gasteiger charge is -2.26. The van der Waals surface area contributed by atoms with Crippen LogP contribution in [0.5, 0.6) is 0 Å². The molecule has 2 rings (SSSR count). The summed E-state index contributed by atoms with van der Waals surface area (Å²) in [5.41, 5.74) is 0. The molecule has 2 aliphatic heterocycles. The van der Waals surface area contributed by atoms with Gasteiger partial charge in [-0.15, -0.1) is 0 Å². The van der Waals surface area contributed by atoms with Crippen molar-refractivity contribution in [2.45, 2.75) is 38.6 Å². The van der Waals surface area contributed by atoms with Gasteiger partial charge in [-0.05, 0) is 44.1 Å². The zero-order chi connectivity index (χ0) is 11.2. The van der Waals surface area contributed by atoms with E-state index >= 15 is 0 Å². The quantitative estimate of drug-likeness (QED) is 0.751. The van der Waals surface area contributed by atoms with E-state index in [1.807, 2.05) is 0 Å². The lowest BCUT2D eigenvalue weighted by molar-refractivity contribution is 0.162. The Labute approximate surface area is 98.9 Å². The topological polar surface area (TPSA) is 30.5 Å². The van der Waals surface area contributed by atoms with Crippen molar-refractivity contribution in [3.05, 3.63) is 0 Å². The Morgan fingerprint density at radius 3 is 2.62 bits per heavy atom. The highest BCUT2D eigenvalue weighted by Crippen LogP contribution is 2.25. The fourth-order valence-corrected chi connectivity index (χ4v) is 2.77. The van der Waals surface area contributed by atoms with E-state index in [0.29, 0.717) is 6.04 Å². The smallest absolute Gasteiger partial charge is 0.0510 e. The minimum absolute atomic E-state index is 0.647. The molecule has 2 aliphatic rings. The van der Waals surface area contributed by atoms with Crippen molar-refractivity contribution in [2.75, 3.05) is 33.0 Å². The van der Waals surface area contributed by atoms with Crippen LogP contribution in [0.3, 0.4) is 0 Å². The first-order chi connectivity index (χ1) is 7.90. The van der Waals surface area contributed by atoms with Crippen LogP contribution in [0.4, 0.5) is 0 Å². The molecule has 0 aromatic rings. The summed E-state index contributed by atoms with van der Waals surface area (Å²) in [7, 11) is 0. The maximum Gasteiger partial charge on any atom is 0.0510 e. The van der Waals surface area contributed by atoms with Crippen molar-refractivity contribution in [1.29, 1.82) is 0 Å². The predicted molar refractivity (Wildman–Crippen MR) is 64.6 cm³/mol. The molecule has 3 heteroatoms. The van der Waals surface area contributed by atoms with Crippen LogP contribution < -0.4 is 5.32 Å². The van der Waals surface area contributed by atoms with Crippen molar-refractivity contribution < 1.29 is 9.47 Å². The summed E-state index contributed by atoms with van der Waals surface area (Å²) in [5, 5.41) is 3.70. The lowest BCUT2D eigenvalue weighted by atomic mass is 9.89. The highest BCUT2D eigenvalue weighted by Gasteiger charge is 2.28. The molecule has 16 heavy (non-hydrogen) atoms. The molecule has 3 unspecified atom stereocenters. The van der Waals surface area contributed by atoms with E-state index in [4.69, 9.17) is 9.47 Å². The van der Waals surface area contributed by atoms with Gasteiger partial charge in [0, 0.05) is 25.9 Å². The zero-order valence-corrected chi connectivity index (χ0v) is 10.4. The van der Waals surface area contributed by atoms with Gasteiger partial charge in [0.25, 0.3) is 0 Å². The van der Waals surface area contributed by atoms with Crippen LogP contribution in [-0.4, -0.2) is 39.0 Å². The highest BCUT2D eigenvalue weighted by atomic mass is 16.5. The Morgan fingerprint density at radius 1 is 1.19 bits per heavy atom. The minimum Gasteiger partial charge on any atom is -0.381 e. The monoisotopic (exact) mass is 227 g/mol. The van der Waals surface area contributed by atoms with E-state index in [1.165, 1.54) is 25.7 Å². The predicted octanol–water partition coefficient (Wildman–Crippen LogP) is 1.82. The normalized spacial score (nSPS) is 32.1. The number of ether oxygens (including phenoxy) is 2. The maximum absolute atomic E-state index is 5.51. The van der Waals surface area contributed by atoms with Gasteiger partial charge in [0.15, 0.2) is 0 Å². The van der Waals surface area contributed by atoms with Crippen LogP contribution in [0.25, 0.3) is 0 Å². The molecule has 0 amide bonds. The first-order valence-corrected chi connectivity index (χ1v) is 6.79.